The summed E-state index contributed by atoms with van der Waals surface area (Å²) in [5.74, 6) is -1.37. The van der Waals surface area contributed by atoms with Gasteiger partial charge in [-0.05, 0) is 67.4 Å². The molecule has 1 aliphatic rings. The lowest BCUT2D eigenvalue weighted by Gasteiger charge is -2.15. The number of carbonyl (C=O) groups excluding carboxylic acids is 3. The zero-order chi connectivity index (χ0) is 21.6. The number of aryl methyl sites for hydroxylation is 2. The number of fused-ring (bicyclic) bond motifs is 1. The third-order valence-corrected chi connectivity index (χ3v) is 5.50. The molecule has 0 bridgehead atoms. The van der Waals surface area contributed by atoms with Gasteiger partial charge in [0, 0.05) is 11.3 Å². The minimum Gasteiger partial charge on any atom is -0.322 e. The van der Waals surface area contributed by atoms with E-state index in [9.17, 15) is 14.4 Å². The van der Waals surface area contributed by atoms with Crippen molar-refractivity contribution in [2.24, 2.45) is 0 Å². The molecule has 0 fully saturated rings. The smallest absolute Gasteiger partial charge is 0.266 e. The summed E-state index contributed by atoms with van der Waals surface area (Å²) < 4.78 is 0. The lowest BCUT2D eigenvalue weighted by Crippen LogP contribution is -2.29. The first-order valence-corrected chi connectivity index (χ1v) is 9.88. The van der Waals surface area contributed by atoms with Crippen molar-refractivity contribution in [1.29, 1.82) is 0 Å². The third-order valence-electron chi connectivity index (χ3n) is 4.77. The summed E-state index contributed by atoms with van der Waals surface area (Å²) in [5, 5.41) is 3.24. The van der Waals surface area contributed by atoms with Gasteiger partial charge in [-0.1, -0.05) is 35.3 Å². The molecular formula is C23H16Cl2N2O3. The molecule has 0 aliphatic carbocycles. The number of imide groups is 1. The number of halogens is 2. The van der Waals surface area contributed by atoms with Crippen LogP contribution in [0, 0.1) is 13.8 Å². The van der Waals surface area contributed by atoms with E-state index in [4.69, 9.17) is 23.2 Å². The Morgan fingerprint density at radius 2 is 1.40 bits per heavy atom. The van der Waals surface area contributed by atoms with Gasteiger partial charge in [-0.15, -0.1) is 0 Å². The van der Waals surface area contributed by atoms with Gasteiger partial charge in [-0.2, -0.15) is 0 Å². The van der Waals surface area contributed by atoms with Crippen molar-refractivity contribution in [2.75, 3.05) is 10.2 Å². The number of nitrogens with zero attached hydrogens (tertiary/aromatic N) is 1. The summed E-state index contributed by atoms with van der Waals surface area (Å²) in [4.78, 5) is 39.4. The van der Waals surface area contributed by atoms with E-state index in [0.717, 1.165) is 16.0 Å². The van der Waals surface area contributed by atoms with Gasteiger partial charge in [0.2, 0.25) is 0 Å². The Labute approximate surface area is 183 Å². The van der Waals surface area contributed by atoms with Crippen LogP contribution in [-0.2, 0) is 0 Å². The fourth-order valence-corrected chi connectivity index (χ4v) is 3.83. The number of anilines is 2. The number of nitrogens with one attached hydrogen (secondary N) is 1. The highest BCUT2D eigenvalue weighted by Crippen LogP contribution is 2.34. The van der Waals surface area contributed by atoms with E-state index < -0.39 is 11.8 Å². The molecule has 150 valence electrons. The number of hydrogen-bond acceptors (Lipinski definition) is 3. The molecule has 1 N–H and O–H groups in total. The molecule has 0 atom stereocenters. The van der Waals surface area contributed by atoms with Crippen molar-refractivity contribution < 1.29 is 14.4 Å². The van der Waals surface area contributed by atoms with Crippen LogP contribution in [0.15, 0.2) is 54.6 Å². The van der Waals surface area contributed by atoms with E-state index in [1.54, 1.807) is 18.2 Å². The van der Waals surface area contributed by atoms with Crippen molar-refractivity contribution in [3.05, 3.63) is 92.5 Å². The highest BCUT2D eigenvalue weighted by Gasteiger charge is 2.37. The van der Waals surface area contributed by atoms with E-state index >= 15 is 0 Å². The van der Waals surface area contributed by atoms with Crippen LogP contribution in [0.2, 0.25) is 10.0 Å². The first-order valence-electron chi connectivity index (χ1n) is 9.12. The number of hydrogen-bond donors (Lipinski definition) is 1. The molecule has 3 aromatic carbocycles. The minimum atomic E-state index is -0.513. The van der Waals surface area contributed by atoms with E-state index in [0.29, 0.717) is 16.9 Å². The number of amides is 3. The Hall–Kier alpha value is -3.15. The molecule has 3 amide bonds. The van der Waals surface area contributed by atoms with E-state index in [2.05, 4.69) is 5.32 Å². The lowest BCUT2D eigenvalue weighted by atomic mass is 10.1. The number of benzene rings is 3. The fourth-order valence-electron chi connectivity index (χ4n) is 3.50. The lowest BCUT2D eigenvalue weighted by molar-refractivity contribution is 0.0924. The average Bonchev–Trinajstić information content (AvgIpc) is 2.91. The molecule has 1 aliphatic heterocycles. The van der Waals surface area contributed by atoms with Crippen molar-refractivity contribution >= 4 is 52.3 Å². The molecule has 0 radical (unpaired) electrons. The Balaban J connectivity index is 1.64. The number of carbonyl (C=O) groups is 3. The number of rotatable bonds is 3. The van der Waals surface area contributed by atoms with E-state index in [-0.39, 0.29) is 27.1 Å². The van der Waals surface area contributed by atoms with Crippen LogP contribution in [0.3, 0.4) is 0 Å². The van der Waals surface area contributed by atoms with Crippen LogP contribution in [0.4, 0.5) is 11.4 Å². The summed E-state index contributed by atoms with van der Waals surface area (Å²) >= 11 is 12.0. The van der Waals surface area contributed by atoms with Gasteiger partial charge in [0.15, 0.2) is 0 Å². The van der Waals surface area contributed by atoms with Gasteiger partial charge in [0.25, 0.3) is 17.7 Å². The van der Waals surface area contributed by atoms with Crippen LogP contribution in [0.5, 0.6) is 0 Å². The molecule has 0 saturated carbocycles. The molecular weight excluding hydrogens is 423 g/mol. The maximum Gasteiger partial charge on any atom is 0.266 e. The van der Waals surface area contributed by atoms with Gasteiger partial charge in [-0.25, -0.2) is 4.90 Å². The van der Waals surface area contributed by atoms with Gasteiger partial charge < -0.3 is 5.32 Å². The second kappa shape index (κ2) is 7.59. The fraction of sp³-hybridized carbons (Fsp3) is 0.0870. The second-order valence-corrected chi connectivity index (χ2v) is 7.95. The molecule has 1 heterocycles. The standard InChI is InChI=1S/C23H16Cl2N2O3/c1-12-6-13(2)8-15(7-12)26-21(28)14-4-3-5-16(9-14)27-22(29)17-10-19(24)20(25)11-18(17)23(27)30/h3-11H,1-2H3,(H,26,28). The van der Waals surface area contributed by atoms with E-state index in [1.807, 2.05) is 32.0 Å². The monoisotopic (exact) mass is 438 g/mol. The van der Waals surface area contributed by atoms with Crippen LogP contribution in [0.25, 0.3) is 0 Å². The quantitative estimate of drug-likeness (QED) is 0.536. The van der Waals surface area contributed by atoms with Crippen LogP contribution in [0.1, 0.15) is 42.2 Å². The Morgan fingerprint density at radius 3 is 1.97 bits per heavy atom. The first kappa shape index (κ1) is 20.1. The largest absolute Gasteiger partial charge is 0.322 e. The molecule has 0 aromatic heterocycles. The third kappa shape index (κ3) is 3.58. The second-order valence-electron chi connectivity index (χ2n) is 7.14. The molecule has 0 unspecified atom stereocenters. The average molecular weight is 439 g/mol. The van der Waals surface area contributed by atoms with Crippen LogP contribution >= 0.6 is 23.2 Å². The van der Waals surface area contributed by atoms with Crippen molar-refractivity contribution in [3.8, 4) is 0 Å². The van der Waals surface area contributed by atoms with Crippen molar-refractivity contribution in [1.82, 2.24) is 0 Å². The summed E-state index contributed by atoms with van der Waals surface area (Å²) in [7, 11) is 0. The Bertz CT molecular complexity index is 1180. The van der Waals surface area contributed by atoms with Gasteiger partial charge in [0.05, 0.1) is 26.9 Å². The molecule has 3 aromatic rings. The summed E-state index contributed by atoms with van der Waals surface area (Å²) in [6.45, 7) is 3.90. The van der Waals surface area contributed by atoms with Crippen molar-refractivity contribution in [2.45, 2.75) is 13.8 Å². The predicted molar refractivity (Wildman–Crippen MR) is 118 cm³/mol. The summed E-state index contributed by atoms with van der Waals surface area (Å²) in [6, 6.07) is 14.9. The molecule has 0 saturated heterocycles. The summed E-state index contributed by atoms with van der Waals surface area (Å²) in [5.41, 5.74) is 3.71. The molecule has 5 nitrogen and oxygen atoms in total. The zero-order valence-corrected chi connectivity index (χ0v) is 17.6. The zero-order valence-electron chi connectivity index (χ0n) is 16.1. The maximum absolute atomic E-state index is 12.8. The molecule has 0 spiro atoms. The van der Waals surface area contributed by atoms with Gasteiger partial charge >= 0.3 is 0 Å². The topological polar surface area (TPSA) is 66.5 Å². The van der Waals surface area contributed by atoms with E-state index in [1.165, 1.54) is 18.2 Å². The highest BCUT2D eigenvalue weighted by molar-refractivity contribution is 6.44. The van der Waals surface area contributed by atoms with Crippen LogP contribution in [-0.4, -0.2) is 17.7 Å². The van der Waals surface area contributed by atoms with Gasteiger partial charge in [0.1, 0.15) is 0 Å². The Morgan fingerprint density at radius 1 is 0.833 bits per heavy atom. The SMILES string of the molecule is Cc1cc(C)cc(NC(=O)c2cccc(N3C(=O)c4cc(Cl)c(Cl)cc4C3=O)c2)c1. The normalized spacial score (nSPS) is 12.9. The molecule has 7 heteroatoms. The Kier molecular flexibility index (Phi) is 5.10. The maximum atomic E-state index is 12.8. The van der Waals surface area contributed by atoms with Crippen LogP contribution < -0.4 is 10.2 Å². The highest BCUT2D eigenvalue weighted by atomic mass is 35.5. The van der Waals surface area contributed by atoms with Gasteiger partial charge in [-0.3, -0.25) is 14.4 Å². The van der Waals surface area contributed by atoms with Crippen molar-refractivity contribution in [3.63, 3.8) is 0 Å². The molecule has 30 heavy (non-hydrogen) atoms. The first-order chi connectivity index (χ1) is 14.2. The minimum absolute atomic E-state index is 0.180. The predicted octanol–water partition coefficient (Wildman–Crippen LogP) is 5.66. The molecule has 4 rings (SSSR count). The summed E-state index contributed by atoms with van der Waals surface area (Å²) in [6.07, 6.45) is 0.